The largest absolute Gasteiger partial charge is 0.493 e. The van der Waals surface area contributed by atoms with Gasteiger partial charge in [0.25, 0.3) is 0 Å². The summed E-state index contributed by atoms with van der Waals surface area (Å²) >= 11 is 0. The van der Waals surface area contributed by atoms with Crippen molar-refractivity contribution in [2.24, 2.45) is 7.05 Å². The second kappa shape index (κ2) is 9.05. The maximum atomic E-state index is 13.3. The number of fused-ring (bicyclic) bond motifs is 1. The number of nitrogens with one attached hydrogen (secondary N) is 1. The molecule has 0 bridgehead atoms. The maximum Gasteiger partial charge on any atom is 0.416 e. The van der Waals surface area contributed by atoms with E-state index in [-0.39, 0.29) is 17.6 Å². The van der Waals surface area contributed by atoms with Gasteiger partial charge in [0.15, 0.2) is 11.5 Å². The molecule has 3 N–H and O–H groups in total. The Labute approximate surface area is 193 Å². The molecule has 0 aliphatic carbocycles. The minimum Gasteiger partial charge on any atom is -0.493 e. The molecular weight excluding hydrogens is 453 g/mol. The Morgan fingerprint density at radius 3 is 2.65 bits per heavy atom. The van der Waals surface area contributed by atoms with E-state index >= 15 is 0 Å². The Kier molecular flexibility index (Phi) is 6.30. The molecule has 0 spiro atoms. The fraction of sp³-hybridized carbons (Fsp3) is 0.391. The minimum atomic E-state index is -4.54. The van der Waals surface area contributed by atoms with Crippen LogP contribution >= 0.6 is 0 Å². The number of ether oxygens (including phenoxy) is 3. The van der Waals surface area contributed by atoms with Crippen LogP contribution in [0.25, 0.3) is 10.9 Å². The number of halogens is 3. The van der Waals surface area contributed by atoms with E-state index in [4.69, 9.17) is 19.9 Å². The normalized spacial score (nSPS) is 17.1. The summed E-state index contributed by atoms with van der Waals surface area (Å²) in [5, 5.41) is 3.61. The molecule has 8 nitrogen and oxygen atoms in total. The molecule has 0 unspecified atom stereocenters. The predicted molar refractivity (Wildman–Crippen MR) is 121 cm³/mol. The van der Waals surface area contributed by atoms with Crippen LogP contribution in [0.15, 0.2) is 35.1 Å². The third-order valence-corrected chi connectivity index (χ3v) is 5.73. The summed E-state index contributed by atoms with van der Waals surface area (Å²) in [6, 6.07) is 6.09. The molecule has 0 radical (unpaired) electrons. The highest BCUT2D eigenvalue weighted by Gasteiger charge is 2.31. The van der Waals surface area contributed by atoms with Crippen molar-refractivity contribution in [1.82, 2.24) is 9.55 Å². The van der Waals surface area contributed by atoms with Crippen molar-refractivity contribution in [3.05, 3.63) is 51.9 Å². The molecular formula is C23H25F3N4O4. The summed E-state index contributed by atoms with van der Waals surface area (Å²) in [7, 11) is 3.07. The lowest BCUT2D eigenvalue weighted by Crippen LogP contribution is -2.23. The summed E-state index contributed by atoms with van der Waals surface area (Å²) in [4.78, 5) is 16.6. The molecule has 2 heterocycles. The van der Waals surface area contributed by atoms with Gasteiger partial charge in [-0.15, -0.1) is 0 Å². The van der Waals surface area contributed by atoms with Crippen LogP contribution in [0.1, 0.15) is 30.5 Å². The number of rotatable bonds is 6. The predicted octanol–water partition coefficient (Wildman–Crippen LogP) is 3.88. The van der Waals surface area contributed by atoms with Gasteiger partial charge in [0.05, 0.1) is 37.4 Å². The molecule has 2 atom stereocenters. The van der Waals surface area contributed by atoms with Crippen LogP contribution < -0.4 is 26.2 Å². The highest BCUT2D eigenvalue weighted by molar-refractivity contribution is 5.92. The number of nitrogens with zero attached hydrogens (tertiary/aromatic N) is 2. The van der Waals surface area contributed by atoms with E-state index in [1.165, 1.54) is 17.7 Å². The zero-order valence-electron chi connectivity index (χ0n) is 18.9. The lowest BCUT2D eigenvalue weighted by atomic mass is 10.0. The Hall–Kier alpha value is -3.47. The first-order valence-electron chi connectivity index (χ1n) is 10.6. The van der Waals surface area contributed by atoms with Crippen molar-refractivity contribution in [3.63, 3.8) is 0 Å². The van der Waals surface area contributed by atoms with Crippen molar-refractivity contribution >= 4 is 22.4 Å². The van der Waals surface area contributed by atoms with Crippen molar-refractivity contribution in [3.8, 4) is 11.5 Å². The first-order chi connectivity index (χ1) is 16.1. The number of aryl methyl sites for hydroxylation is 1. The molecule has 3 aromatic rings. The maximum absolute atomic E-state index is 13.3. The lowest BCUT2D eigenvalue weighted by Gasteiger charge is -2.21. The van der Waals surface area contributed by atoms with Crippen LogP contribution in [0.4, 0.5) is 24.7 Å². The van der Waals surface area contributed by atoms with E-state index in [2.05, 4.69) is 10.3 Å². The van der Waals surface area contributed by atoms with Crippen LogP contribution in [-0.2, 0) is 18.0 Å². The standard InChI is InChI=1S/C23H25F3N4O4/c1-12(13-6-14(23(24,25)26)8-15(27)7-13)28-21-17-9-20(34-16-4-5-33-11-16)19(32-3)10-18(17)30(2)22(31)29-21/h6-10,12,16H,4-5,11,27H2,1-3H3,(H,28,29,31)/t12-,16+/m1/s1. The summed E-state index contributed by atoms with van der Waals surface area (Å²) in [5.41, 5.74) is 5.13. The molecule has 1 aliphatic rings. The van der Waals surface area contributed by atoms with E-state index in [0.29, 0.717) is 41.2 Å². The van der Waals surface area contributed by atoms with Crippen molar-refractivity contribution in [2.45, 2.75) is 31.7 Å². The summed E-state index contributed by atoms with van der Waals surface area (Å²) < 4.78 is 58.0. The van der Waals surface area contributed by atoms with E-state index in [0.717, 1.165) is 18.6 Å². The van der Waals surface area contributed by atoms with Crippen molar-refractivity contribution in [2.75, 3.05) is 31.4 Å². The van der Waals surface area contributed by atoms with Gasteiger partial charge in [0.2, 0.25) is 0 Å². The smallest absolute Gasteiger partial charge is 0.416 e. The first kappa shape index (κ1) is 23.7. The zero-order chi connectivity index (χ0) is 24.6. The Balaban J connectivity index is 1.76. The molecule has 0 saturated carbocycles. The quantitative estimate of drug-likeness (QED) is 0.519. The average Bonchev–Trinajstić information content (AvgIpc) is 3.29. The third kappa shape index (κ3) is 4.74. The van der Waals surface area contributed by atoms with Gasteiger partial charge in [-0.05, 0) is 36.8 Å². The number of aromatic nitrogens is 2. The lowest BCUT2D eigenvalue weighted by molar-refractivity contribution is -0.137. The SMILES string of the molecule is COc1cc2c(cc1O[C@H]1CCOC1)c(N[C@H](C)c1cc(N)cc(C(F)(F)F)c1)nc(=O)n2C. The first-order valence-corrected chi connectivity index (χ1v) is 10.6. The molecule has 1 fully saturated rings. The summed E-state index contributed by atoms with van der Waals surface area (Å²) in [6.45, 7) is 2.71. The van der Waals surface area contributed by atoms with Crippen LogP contribution in [-0.4, -0.2) is 36.0 Å². The summed E-state index contributed by atoms with van der Waals surface area (Å²) in [5.74, 6) is 1.09. The minimum absolute atomic E-state index is 0.0144. The number of alkyl halides is 3. The average molecular weight is 478 g/mol. The highest BCUT2D eigenvalue weighted by Crippen LogP contribution is 2.37. The van der Waals surface area contributed by atoms with Gasteiger partial charge in [0.1, 0.15) is 11.9 Å². The molecule has 2 aromatic carbocycles. The topological polar surface area (TPSA) is 101 Å². The Morgan fingerprint density at radius 2 is 2.00 bits per heavy atom. The second-order valence-electron chi connectivity index (χ2n) is 8.18. The van der Waals surface area contributed by atoms with Crippen molar-refractivity contribution < 1.29 is 27.4 Å². The Bertz CT molecular complexity index is 1270. The number of nitrogen functional groups attached to an aromatic ring is 1. The number of benzene rings is 2. The molecule has 34 heavy (non-hydrogen) atoms. The molecule has 1 aliphatic heterocycles. The van der Waals surface area contributed by atoms with Gasteiger partial charge in [-0.1, -0.05) is 0 Å². The fourth-order valence-electron chi connectivity index (χ4n) is 3.88. The van der Waals surface area contributed by atoms with Crippen LogP contribution in [0.2, 0.25) is 0 Å². The van der Waals surface area contributed by atoms with E-state index in [1.54, 1.807) is 26.1 Å². The van der Waals surface area contributed by atoms with Gasteiger partial charge >= 0.3 is 11.9 Å². The molecule has 1 aromatic heterocycles. The van der Waals surface area contributed by atoms with Gasteiger partial charge in [-0.3, -0.25) is 4.57 Å². The summed E-state index contributed by atoms with van der Waals surface area (Å²) in [6.07, 6.45) is -3.95. The van der Waals surface area contributed by atoms with Gasteiger partial charge < -0.3 is 25.3 Å². The zero-order valence-corrected chi connectivity index (χ0v) is 18.9. The number of hydrogen-bond donors (Lipinski definition) is 2. The van der Waals surface area contributed by atoms with E-state index in [9.17, 15) is 18.0 Å². The van der Waals surface area contributed by atoms with Gasteiger partial charge in [-0.2, -0.15) is 18.2 Å². The van der Waals surface area contributed by atoms with Crippen LogP contribution in [0.3, 0.4) is 0 Å². The molecule has 11 heteroatoms. The monoisotopic (exact) mass is 478 g/mol. The van der Waals surface area contributed by atoms with Crippen LogP contribution in [0.5, 0.6) is 11.5 Å². The molecule has 4 rings (SSSR count). The van der Waals surface area contributed by atoms with Crippen molar-refractivity contribution in [1.29, 1.82) is 0 Å². The molecule has 1 saturated heterocycles. The van der Waals surface area contributed by atoms with Gasteiger partial charge in [0, 0.05) is 30.6 Å². The fourth-order valence-corrected chi connectivity index (χ4v) is 3.88. The Morgan fingerprint density at radius 1 is 1.24 bits per heavy atom. The third-order valence-electron chi connectivity index (χ3n) is 5.73. The number of anilines is 2. The highest BCUT2D eigenvalue weighted by atomic mass is 19.4. The number of hydrogen-bond acceptors (Lipinski definition) is 7. The van der Waals surface area contributed by atoms with Gasteiger partial charge in [-0.25, -0.2) is 4.79 Å². The number of methoxy groups -OCH3 is 1. The molecule has 0 amide bonds. The molecule has 182 valence electrons. The van der Waals surface area contributed by atoms with E-state index in [1.807, 2.05) is 0 Å². The van der Waals surface area contributed by atoms with E-state index < -0.39 is 23.5 Å². The van der Waals surface area contributed by atoms with Crippen LogP contribution in [0, 0.1) is 0 Å². The number of nitrogens with two attached hydrogens (primary N) is 1. The second-order valence-corrected chi connectivity index (χ2v) is 8.18.